The van der Waals surface area contributed by atoms with E-state index in [2.05, 4.69) is 15.3 Å². The van der Waals surface area contributed by atoms with Crippen LogP contribution in [0.1, 0.15) is 12.1 Å². The van der Waals surface area contributed by atoms with Crippen LogP contribution in [-0.2, 0) is 9.84 Å². The van der Waals surface area contributed by atoms with Crippen LogP contribution in [0, 0.1) is 11.3 Å². The molecule has 1 atom stereocenters. The maximum atomic E-state index is 11.2. The van der Waals surface area contributed by atoms with Crippen molar-refractivity contribution in [3.05, 3.63) is 22.2 Å². The zero-order valence-corrected chi connectivity index (χ0v) is 9.62. The fraction of sp³-hybridized carbons (Fsp3) is 0.444. The average molecular weight is 254 g/mol. The van der Waals surface area contributed by atoms with Crippen LogP contribution in [0.3, 0.4) is 0 Å². The quantitative estimate of drug-likeness (QED) is 0.716. The van der Waals surface area contributed by atoms with Crippen LogP contribution in [0.4, 0.5) is 5.82 Å². The zero-order chi connectivity index (χ0) is 12.5. The van der Waals surface area contributed by atoms with Crippen molar-refractivity contribution in [3.8, 4) is 6.07 Å². The Labute approximate surface area is 97.4 Å². The SMILES string of the molecule is N#Cc1cc(NC2CCS(=O)(=O)C2)nc(=O)[nH]1. The summed E-state index contributed by atoms with van der Waals surface area (Å²) in [6, 6.07) is 2.93. The first-order valence-corrected chi connectivity index (χ1v) is 6.79. The zero-order valence-electron chi connectivity index (χ0n) is 8.80. The Kier molecular flexibility index (Phi) is 2.85. The lowest BCUT2D eigenvalue weighted by Gasteiger charge is -2.10. The van der Waals surface area contributed by atoms with Crippen LogP contribution < -0.4 is 11.0 Å². The summed E-state index contributed by atoms with van der Waals surface area (Å²) < 4.78 is 22.5. The number of H-pyrrole nitrogens is 1. The number of hydrogen-bond donors (Lipinski definition) is 2. The van der Waals surface area contributed by atoms with E-state index in [1.165, 1.54) is 6.07 Å². The molecule has 2 rings (SSSR count). The molecular weight excluding hydrogens is 244 g/mol. The monoisotopic (exact) mass is 254 g/mol. The molecule has 1 aromatic heterocycles. The van der Waals surface area contributed by atoms with Crippen molar-refractivity contribution in [2.24, 2.45) is 0 Å². The number of anilines is 1. The minimum Gasteiger partial charge on any atom is -0.366 e. The maximum Gasteiger partial charge on any atom is 0.347 e. The largest absolute Gasteiger partial charge is 0.366 e. The summed E-state index contributed by atoms with van der Waals surface area (Å²) in [5.41, 5.74) is -0.541. The van der Waals surface area contributed by atoms with Crippen molar-refractivity contribution in [3.63, 3.8) is 0 Å². The second-order valence-corrected chi connectivity index (χ2v) is 6.07. The summed E-state index contributed by atoms with van der Waals surface area (Å²) in [5, 5.41) is 11.5. The van der Waals surface area contributed by atoms with Crippen LogP contribution in [0.2, 0.25) is 0 Å². The summed E-state index contributed by atoms with van der Waals surface area (Å²) in [6.07, 6.45) is 0.485. The van der Waals surface area contributed by atoms with Crippen molar-refractivity contribution in [1.29, 1.82) is 5.26 Å². The van der Waals surface area contributed by atoms with Gasteiger partial charge in [-0.25, -0.2) is 13.2 Å². The highest BCUT2D eigenvalue weighted by atomic mass is 32.2. The van der Waals surface area contributed by atoms with Crippen LogP contribution in [-0.4, -0.2) is 35.9 Å². The smallest absolute Gasteiger partial charge is 0.347 e. The predicted octanol–water partition coefficient (Wildman–Crippen LogP) is -0.759. The normalized spacial score (nSPS) is 21.9. The van der Waals surface area contributed by atoms with Gasteiger partial charge >= 0.3 is 5.69 Å². The van der Waals surface area contributed by atoms with Crippen LogP contribution in [0.5, 0.6) is 0 Å². The molecule has 0 spiro atoms. The van der Waals surface area contributed by atoms with E-state index < -0.39 is 15.5 Å². The number of rotatable bonds is 2. The van der Waals surface area contributed by atoms with Crippen LogP contribution >= 0.6 is 0 Å². The number of aromatic amines is 1. The molecule has 0 amide bonds. The highest BCUT2D eigenvalue weighted by Crippen LogP contribution is 2.15. The van der Waals surface area contributed by atoms with Crippen molar-refractivity contribution in [1.82, 2.24) is 9.97 Å². The molecule has 17 heavy (non-hydrogen) atoms. The van der Waals surface area contributed by atoms with Gasteiger partial charge in [-0.2, -0.15) is 10.2 Å². The summed E-state index contributed by atoms with van der Waals surface area (Å²) in [7, 11) is -2.98. The third-order valence-corrected chi connectivity index (χ3v) is 4.22. The number of nitrogens with zero attached hydrogens (tertiary/aromatic N) is 2. The first kappa shape index (κ1) is 11.6. The minimum atomic E-state index is -2.98. The van der Waals surface area contributed by atoms with E-state index in [0.717, 1.165) is 0 Å². The van der Waals surface area contributed by atoms with E-state index in [-0.39, 0.29) is 29.1 Å². The predicted molar refractivity (Wildman–Crippen MR) is 60.3 cm³/mol. The Morgan fingerprint density at radius 2 is 2.35 bits per heavy atom. The lowest BCUT2D eigenvalue weighted by atomic mass is 10.2. The summed E-state index contributed by atoms with van der Waals surface area (Å²) in [4.78, 5) is 17.0. The standard InChI is InChI=1S/C9H10N4O3S/c10-4-7-3-8(13-9(14)12-7)11-6-1-2-17(15,16)5-6/h3,6H,1-2,5H2,(H2,11,12,13,14). The molecule has 1 aliphatic heterocycles. The molecule has 1 aromatic rings. The third-order valence-electron chi connectivity index (χ3n) is 2.45. The van der Waals surface area contributed by atoms with E-state index in [1.807, 2.05) is 0 Å². The summed E-state index contributed by atoms with van der Waals surface area (Å²) in [5.74, 6) is 0.398. The van der Waals surface area contributed by atoms with Gasteiger partial charge in [-0.05, 0) is 6.42 Å². The molecule has 1 fully saturated rings. The number of hydrogen-bond acceptors (Lipinski definition) is 6. The molecule has 0 radical (unpaired) electrons. The van der Waals surface area contributed by atoms with Gasteiger partial charge in [0.15, 0.2) is 9.84 Å². The van der Waals surface area contributed by atoms with Crippen molar-refractivity contribution >= 4 is 15.7 Å². The Morgan fingerprint density at radius 1 is 1.59 bits per heavy atom. The van der Waals surface area contributed by atoms with Gasteiger partial charge in [-0.15, -0.1) is 0 Å². The Bertz CT molecular complexity index is 628. The molecule has 0 bridgehead atoms. The van der Waals surface area contributed by atoms with Crippen molar-refractivity contribution < 1.29 is 8.42 Å². The average Bonchev–Trinajstić information content (AvgIpc) is 2.57. The maximum absolute atomic E-state index is 11.2. The van der Waals surface area contributed by atoms with E-state index >= 15 is 0 Å². The van der Waals surface area contributed by atoms with Gasteiger partial charge in [-0.3, -0.25) is 4.98 Å². The Balaban J connectivity index is 2.18. The highest BCUT2D eigenvalue weighted by Gasteiger charge is 2.27. The van der Waals surface area contributed by atoms with Crippen LogP contribution in [0.25, 0.3) is 0 Å². The van der Waals surface area contributed by atoms with Gasteiger partial charge in [0.25, 0.3) is 0 Å². The van der Waals surface area contributed by atoms with Gasteiger partial charge in [0, 0.05) is 12.1 Å². The molecule has 0 saturated carbocycles. The van der Waals surface area contributed by atoms with Gasteiger partial charge in [0.2, 0.25) is 0 Å². The molecule has 90 valence electrons. The first-order valence-electron chi connectivity index (χ1n) is 4.97. The number of aromatic nitrogens is 2. The minimum absolute atomic E-state index is 0.0311. The van der Waals surface area contributed by atoms with Crippen LogP contribution in [0.15, 0.2) is 10.9 Å². The summed E-state index contributed by atoms with van der Waals surface area (Å²) >= 11 is 0. The van der Waals surface area contributed by atoms with E-state index in [0.29, 0.717) is 6.42 Å². The molecule has 1 saturated heterocycles. The van der Waals surface area contributed by atoms with Gasteiger partial charge in [-0.1, -0.05) is 0 Å². The van der Waals surface area contributed by atoms with Gasteiger partial charge in [0.1, 0.15) is 17.6 Å². The fourth-order valence-electron chi connectivity index (χ4n) is 1.71. The lowest BCUT2D eigenvalue weighted by Crippen LogP contribution is -2.24. The topological polar surface area (TPSA) is 116 Å². The van der Waals surface area contributed by atoms with E-state index in [9.17, 15) is 13.2 Å². The second kappa shape index (κ2) is 4.18. The van der Waals surface area contributed by atoms with E-state index in [4.69, 9.17) is 5.26 Å². The van der Waals surface area contributed by atoms with Crippen molar-refractivity contribution in [2.45, 2.75) is 12.5 Å². The molecule has 7 nitrogen and oxygen atoms in total. The van der Waals surface area contributed by atoms with Crippen molar-refractivity contribution in [2.75, 3.05) is 16.8 Å². The first-order chi connectivity index (χ1) is 7.98. The van der Waals surface area contributed by atoms with Gasteiger partial charge in [0.05, 0.1) is 11.5 Å². The van der Waals surface area contributed by atoms with E-state index in [1.54, 1.807) is 6.07 Å². The molecule has 1 aliphatic rings. The molecule has 0 aromatic carbocycles. The second-order valence-electron chi connectivity index (χ2n) is 3.84. The molecule has 1 unspecified atom stereocenters. The molecule has 0 aliphatic carbocycles. The Hall–Kier alpha value is -1.88. The summed E-state index contributed by atoms with van der Waals surface area (Å²) in [6.45, 7) is 0. The highest BCUT2D eigenvalue weighted by molar-refractivity contribution is 7.91. The third kappa shape index (κ3) is 2.82. The molecular formula is C9H10N4O3S. The molecule has 2 heterocycles. The lowest BCUT2D eigenvalue weighted by molar-refractivity contribution is 0.602. The number of nitriles is 1. The number of nitrogens with one attached hydrogen (secondary N) is 2. The number of sulfone groups is 1. The van der Waals surface area contributed by atoms with Gasteiger partial charge < -0.3 is 5.32 Å². The fourth-order valence-corrected chi connectivity index (χ4v) is 3.38. The Morgan fingerprint density at radius 3 is 2.94 bits per heavy atom. The molecule has 8 heteroatoms. The molecule has 2 N–H and O–H groups in total.